The third-order valence-electron chi connectivity index (χ3n) is 1.31. The van der Waals surface area contributed by atoms with Gasteiger partial charge in [-0.2, -0.15) is 0 Å². The lowest BCUT2D eigenvalue weighted by molar-refractivity contribution is 0.961. The predicted molar refractivity (Wildman–Crippen MR) is 49.1 cm³/mol. The van der Waals surface area contributed by atoms with Crippen LogP contribution in [0.2, 0.25) is 0 Å². The number of hydrogen-bond donors (Lipinski definition) is 0. The SMILES string of the molecule is C#CCCc1ccc(Br)cn1. The molecule has 0 bridgehead atoms. The molecule has 1 rings (SSSR count). The Hall–Kier alpha value is -0.810. The van der Waals surface area contributed by atoms with Crippen molar-refractivity contribution in [2.45, 2.75) is 12.8 Å². The standard InChI is InChI=1S/C9H8BrN/c1-2-3-4-9-6-5-8(10)7-11-9/h1,5-7H,3-4H2. The van der Waals surface area contributed by atoms with Crippen molar-refractivity contribution in [2.24, 2.45) is 0 Å². The minimum absolute atomic E-state index is 0.759. The van der Waals surface area contributed by atoms with E-state index in [1.807, 2.05) is 12.1 Å². The number of halogens is 1. The molecule has 0 aliphatic rings. The van der Waals surface area contributed by atoms with E-state index >= 15 is 0 Å². The number of aromatic nitrogens is 1. The molecule has 0 spiro atoms. The Morgan fingerprint density at radius 1 is 1.55 bits per heavy atom. The lowest BCUT2D eigenvalue weighted by Crippen LogP contribution is -1.87. The molecule has 0 saturated carbocycles. The van der Waals surface area contributed by atoms with E-state index in [1.54, 1.807) is 6.20 Å². The molecule has 0 aromatic carbocycles. The average molecular weight is 210 g/mol. The third kappa shape index (κ3) is 2.73. The second-order valence-electron chi connectivity index (χ2n) is 2.17. The maximum Gasteiger partial charge on any atom is 0.0413 e. The Kier molecular flexibility index (Phi) is 3.13. The molecule has 0 radical (unpaired) electrons. The fourth-order valence-electron chi connectivity index (χ4n) is 0.755. The summed E-state index contributed by atoms with van der Waals surface area (Å²) < 4.78 is 1.00. The van der Waals surface area contributed by atoms with Gasteiger partial charge in [0.05, 0.1) is 0 Å². The molecule has 1 heterocycles. The van der Waals surface area contributed by atoms with Gasteiger partial charge >= 0.3 is 0 Å². The number of hydrogen-bond acceptors (Lipinski definition) is 1. The van der Waals surface area contributed by atoms with Crippen molar-refractivity contribution in [1.82, 2.24) is 4.98 Å². The maximum atomic E-state index is 5.12. The highest BCUT2D eigenvalue weighted by molar-refractivity contribution is 9.10. The second-order valence-corrected chi connectivity index (χ2v) is 3.09. The van der Waals surface area contributed by atoms with Gasteiger partial charge in [-0.3, -0.25) is 4.98 Å². The zero-order valence-electron chi connectivity index (χ0n) is 6.05. The van der Waals surface area contributed by atoms with Crippen molar-refractivity contribution in [1.29, 1.82) is 0 Å². The summed E-state index contributed by atoms with van der Waals surface area (Å²) >= 11 is 3.31. The van der Waals surface area contributed by atoms with E-state index in [0.29, 0.717) is 0 Å². The Labute approximate surface area is 75.0 Å². The molecule has 0 unspecified atom stereocenters. The van der Waals surface area contributed by atoms with Gasteiger partial charge < -0.3 is 0 Å². The first-order chi connectivity index (χ1) is 5.33. The molecule has 1 nitrogen and oxygen atoms in total. The fourth-order valence-corrected chi connectivity index (χ4v) is 0.989. The van der Waals surface area contributed by atoms with Gasteiger partial charge in [-0.15, -0.1) is 12.3 Å². The molecule has 11 heavy (non-hydrogen) atoms. The Morgan fingerprint density at radius 3 is 2.91 bits per heavy atom. The van der Waals surface area contributed by atoms with Gasteiger partial charge in [0, 0.05) is 29.2 Å². The number of nitrogens with zero attached hydrogens (tertiary/aromatic N) is 1. The van der Waals surface area contributed by atoms with E-state index in [0.717, 1.165) is 23.0 Å². The van der Waals surface area contributed by atoms with Crippen LogP contribution in [0.5, 0.6) is 0 Å². The summed E-state index contributed by atoms with van der Waals surface area (Å²) in [7, 11) is 0. The highest BCUT2D eigenvalue weighted by atomic mass is 79.9. The van der Waals surface area contributed by atoms with Gasteiger partial charge in [0.1, 0.15) is 0 Å². The largest absolute Gasteiger partial charge is 0.260 e. The third-order valence-corrected chi connectivity index (χ3v) is 1.78. The second kappa shape index (κ2) is 4.15. The molecule has 0 amide bonds. The number of terminal acetylenes is 1. The summed E-state index contributed by atoms with van der Waals surface area (Å²) in [6.45, 7) is 0. The summed E-state index contributed by atoms with van der Waals surface area (Å²) in [5.74, 6) is 2.58. The minimum atomic E-state index is 0.759. The van der Waals surface area contributed by atoms with Crippen LogP contribution in [0.1, 0.15) is 12.1 Å². The molecule has 0 fully saturated rings. The van der Waals surface area contributed by atoms with E-state index < -0.39 is 0 Å². The van der Waals surface area contributed by atoms with Crippen molar-refractivity contribution in [3.63, 3.8) is 0 Å². The quantitative estimate of drug-likeness (QED) is 0.683. The van der Waals surface area contributed by atoms with Crippen LogP contribution in [-0.4, -0.2) is 4.98 Å². The monoisotopic (exact) mass is 209 g/mol. The number of rotatable bonds is 2. The summed E-state index contributed by atoms with van der Waals surface area (Å²) in [6.07, 6.45) is 8.53. The van der Waals surface area contributed by atoms with Gasteiger partial charge in [-0.25, -0.2) is 0 Å². The highest BCUT2D eigenvalue weighted by Gasteiger charge is 1.91. The molecule has 0 aliphatic heterocycles. The van der Waals surface area contributed by atoms with Crippen molar-refractivity contribution >= 4 is 15.9 Å². The van der Waals surface area contributed by atoms with Crippen LogP contribution in [0, 0.1) is 12.3 Å². The van der Waals surface area contributed by atoms with Crippen LogP contribution < -0.4 is 0 Å². The smallest absolute Gasteiger partial charge is 0.0413 e. The van der Waals surface area contributed by atoms with Crippen LogP contribution in [0.25, 0.3) is 0 Å². The zero-order valence-corrected chi connectivity index (χ0v) is 7.63. The zero-order chi connectivity index (χ0) is 8.10. The summed E-state index contributed by atoms with van der Waals surface area (Å²) in [5, 5.41) is 0. The van der Waals surface area contributed by atoms with Gasteiger partial charge in [-0.1, -0.05) is 0 Å². The van der Waals surface area contributed by atoms with Gasteiger partial charge in [0.15, 0.2) is 0 Å². The first-order valence-corrected chi connectivity index (χ1v) is 4.16. The number of pyridine rings is 1. The Bertz CT molecular complexity index is 258. The van der Waals surface area contributed by atoms with E-state index in [9.17, 15) is 0 Å². The van der Waals surface area contributed by atoms with E-state index in [2.05, 4.69) is 26.8 Å². The number of aryl methyl sites for hydroxylation is 1. The molecular formula is C9H8BrN. The van der Waals surface area contributed by atoms with Crippen molar-refractivity contribution in [3.05, 3.63) is 28.5 Å². The highest BCUT2D eigenvalue weighted by Crippen LogP contribution is 2.08. The van der Waals surface area contributed by atoms with Crippen molar-refractivity contribution in [2.75, 3.05) is 0 Å². The molecule has 0 aliphatic carbocycles. The summed E-state index contributed by atoms with van der Waals surface area (Å²) in [6, 6.07) is 3.94. The first kappa shape index (κ1) is 8.29. The molecule has 56 valence electrons. The van der Waals surface area contributed by atoms with Crippen LogP contribution in [0.4, 0.5) is 0 Å². The van der Waals surface area contributed by atoms with Crippen LogP contribution >= 0.6 is 15.9 Å². The Balaban J connectivity index is 2.60. The minimum Gasteiger partial charge on any atom is -0.260 e. The van der Waals surface area contributed by atoms with Gasteiger partial charge in [-0.05, 0) is 28.1 Å². The van der Waals surface area contributed by atoms with Gasteiger partial charge in [0.25, 0.3) is 0 Å². The predicted octanol–water partition coefficient (Wildman–Crippen LogP) is 2.41. The molecule has 2 heteroatoms. The lowest BCUT2D eigenvalue weighted by Gasteiger charge is -1.95. The van der Waals surface area contributed by atoms with E-state index in [-0.39, 0.29) is 0 Å². The fraction of sp³-hybridized carbons (Fsp3) is 0.222. The van der Waals surface area contributed by atoms with Crippen LogP contribution in [0.3, 0.4) is 0 Å². The lowest BCUT2D eigenvalue weighted by atomic mass is 10.2. The average Bonchev–Trinajstić information content (AvgIpc) is 2.04. The summed E-state index contributed by atoms with van der Waals surface area (Å²) in [4.78, 5) is 4.17. The molecule has 1 aromatic heterocycles. The van der Waals surface area contributed by atoms with E-state index in [1.165, 1.54) is 0 Å². The normalized spacial score (nSPS) is 9.09. The van der Waals surface area contributed by atoms with Crippen LogP contribution in [0.15, 0.2) is 22.8 Å². The summed E-state index contributed by atoms with van der Waals surface area (Å²) in [5.41, 5.74) is 1.05. The van der Waals surface area contributed by atoms with Gasteiger partial charge in [0.2, 0.25) is 0 Å². The molecule has 0 N–H and O–H groups in total. The topological polar surface area (TPSA) is 12.9 Å². The van der Waals surface area contributed by atoms with Crippen LogP contribution in [-0.2, 0) is 6.42 Å². The van der Waals surface area contributed by atoms with Crippen molar-refractivity contribution < 1.29 is 0 Å². The molecule has 0 atom stereocenters. The Morgan fingerprint density at radius 2 is 2.36 bits per heavy atom. The molecule has 0 saturated heterocycles. The molecule has 1 aromatic rings. The molecular weight excluding hydrogens is 202 g/mol. The first-order valence-electron chi connectivity index (χ1n) is 3.37. The maximum absolute atomic E-state index is 5.12. The van der Waals surface area contributed by atoms with E-state index in [4.69, 9.17) is 6.42 Å². The van der Waals surface area contributed by atoms with Crippen molar-refractivity contribution in [3.8, 4) is 12.3 Å².